The fraction of sp³-hybridized carbons (Fsp3) is 0.462. The van der Waals surface area contributed by atoms with Crippen LogP contribution in [0.25, 0.3) is 0 Å². The molecule has 1 unspecified atom stereocenters. The molecule has 1 aromatic rings. The van der Waals surface area contributed by atoms with Gasteiger partial charge in [0.2, 0.25) is 0 Å². The van der Waals surface area contributed by atoms with E-state index in [0.29, 0.717) is 5.56 Å². The first kappa shape index (κ1) is 12.8. The van der Waals surface area contributed by atoms with Gasteiger partial charge in [0.25, 0.3) is 0 Å². The highest BCUT2D eigenvalue weighted by Crippen LogP contribution is 2.31. The minimum atomic E-state index is 0.707. The van der Waals surface area contributed by atoms with Crippen molar-refractivity contribution < 1.29 is 0 Å². The molecule has 17 heavy (non-hydrogen) atoms. The molecule has 0 aromatic heterocycles. The predicted octanol–water partition coefficient (Wildman–Crippen LogP) is 3.65. The Hall–Kier alpha value is -0.660. The van der Waals surface area contributed by atoms with Gasteiger partial charge in [0.05, 0.1) is 17.3 Å². The first-order valence-corrected chi connectivity index (χ1v) is 7.65. The van der Waals surface area contributed by atoms with Gasteiger partial charge >= 0.3 is 0 Å². The minimum Gasteiger partial charge on any atom is -0.369 e. The summed E-state index contributed by atoms with van der Waals surface area (Å²) < 4.78 is 1.03. The van der Waals surface area contributed by atoms with Crippen molar-refractivity contribution in [2.75, 3.05) is 23.7 Å². The molecule has 0 amide bonds. The van der Waals surface area contributed by atoms with Crippen LogP contribution in [0.5, 0.6) is 0 Å². The zero-order valence-electron chi connectivity index (χ0n) is 9.82. The summed E-state index contributed by atoms with van der Waals surface area (Å²) in [5, 5.41) is 9.58. The molecule has 1 saturated heterocycles. The van der Waals surface area contributed by atoms with Crippen LogP contribution in [0, 0.1) is 11.3 Å². The smallest absolute Gasteiger partial charge is 0.0992 e. The number of thioether (sulfide) groups is 1. The molecule has 2 nitrogen and oxygen atoms in total. The fourth-order valence-electron chi connectivity index (χ4n) is 2.02. The summed E-state index contributed by atoms with van der Waals surface area (Å²) in [6.45, 7) is 4.44. The van der Waals surface area contributed by atoms with Gasteiger partial charge in [-0.2, -0.15) is 17.0 Å². The van der Waals surface area contributed by atoms with E-state index in [0.717, 1.165) is 22.8 Å². The molecule has 0 radical (unpaired) electrons. The summed E-state index contributed by atoms with van der Waals surface area (Å²) in [6, 6.07) is 8.00. The maximum Gasteiger partial charge on any atom is 0.0992 e. The van der Waals surface area contributed by atoms with E-state index in [1.165, 1.54) is 17.9 Å². The van der Waals surface area contributed by atoms with E-state index in [4.69, 9.17) is 5.26 Å². The van der Waals surface area contributed by atoms with E-state index in [2.05, 4.69) is 45.6 Å². The maximum absolute atomic E-state index is 8.86. The van der Waals surface area contributed by atoms with Crippen LogP contribution in [0.4, 0.5) is 5.69 Å². The number of rotatable bonds is 2. The Bertz CT molecular complexity index is 442. The van der Waals surface area contributed by atoms with Crippen LogP contribution in [0.3, 0.4) is 0 Å². The molecule has 0 N–H and O–H groups in total. The van der Waals surface area contributed by atoms with Crippen LogP contribution in [-0.4, -0.2) is 24.1 Å². The molecule has 0 aliphatic carbocycles. The van der Waals surface area contributed by atoms with Gasteiger partial charge in [-0.05, 0) is 40.5 Å². The zero-order chi connectivity index (χ0) is 12.3. The Balaban J connectivity index is 2.19. The summed E-state index contributed by atoms with van der Waals surface area (Å²) in [4.78, 5) is 2.41. The Morgan fingerprint density at radius 3 is 3.06 bits per heavy atom. The van der Waals surface area contributed by atoms with Crippen molar-refractivity contribution in [1.29, 1.82) is 5.26 Å². The van der Waals surface area contributed by atoms with Crippen LogP contribution in [0.15, 0.2) is 22.7 Å². The second kappa shape index (κ2) is 5.79. The first-order valence-electron chi connectivity index (χ1n) is 5.80. The lowest BCUT2D eigenvalue weighted by molar-refractivity contribution is 0.727. The first-order chi connectivity index (χ1) is 8.24. The summed E-state index contributed by atoms with van der Waals surface area (Å²) in [5.41, 5.74) is 1.92. The van der Waals surface area contributed by atoms with Crippen LogP contribution < -0.4 is 4.90 Å². The molecule has 1 aliphatic heterocycles. The van der Waals surface area contributed by atoms with E-state index >= 15 is 0 Å². The molecule has 1 heterocycles. The third-order valence-electron chi connectivity index (χ3n) is 3.01. The van der Waals surface area contributed by atoms with Crippen LogP contribution in [0.1, 0.15) is 18.9 Å². The molecule has 4 heteroatoms. The number of benzene rings is 1. The van der Waals surface area contributed by atoms with Gasteiger partial charge in [0.1, 0.15) is 0 Å². The average Bonchev–Trinajstić information content (AvgIpc) is 2.38. The third kappa shape index (κ3) is 2.97. The number of anilines is 1. The minimum absolute atomic E-state index is 0.707. The molecule has 0 spiro atoms. The quantitative estimate of drug-likeness (QED) is 0.834. The molecule has 90 valence electrons. The van der Waals surface area contributed by atoms with Gasteiger partial charge in [-0.3, -0.25) is 0 Å². The Labute approximate surface area is 115 Å². The van der Waals surface area contributed by atoms with Crippen LogP contribution in [-0.2, 0) is 0 Å². The topological polar surface area (TPSA) is 27.0 Å². The lowest BCUT2D eigenvalue weighted by Gasteiger charge is -2.34. The number of nitrogens with zero attached hydrogens (tertiary/aromatic N) is 2. The van der Waals surface area contributed by atoms with E-state index in [9.17, 15) is 0 Å². The lowest BCUT2D eigenvalue weighted by atomic mass is 10.2. The van der Waals surface area contributed by atoms with Crippen molar-refractivity contribution >= 4 is 33.4 Å². The normalized spacial score (nSPS) is 20.1. The van der Waals surface area contributed by atoms with E-state index < -0.39 is 0 Å². The summed E-state index contributed by atoms with van der Waals surface area (Å²) in [7, 11) is 0. The SMILES string of the molecule is CCC1CN(c2ccc(C#N)cc2Br)CCS1. The predicted molar refractivity (Wildman–Crippen MR) is 77.6 cm³/mol. The highest BCUT2D eigenvalue weighted by atomic mass is 79.9. The lowest BCUT2D eigenvalue weighted by Crippen LogP contribution is -2.37. The summed E-state index contributed by atoms with van der Waals surface area (Å²) >= 11 is 5.63. The zero-order valence-corrected chi connectivity index (χ0v) is 12.2. The molecule has 1 fully saturated rings. The molecule has 1 atom stereocenters. The van der Waals surface area contributed by atoms with Gasteiger partial charge < -0.3 is 4.90 Å². The van der Waals surface area contributed by atoms with Crippen LogP contribution >= 0.6 is 27.7 Å². The van der Waals surface area contributed by atoms with Gasteiger partial charge in [-0.25, -0.2) is 0 Å². The second-order valence-electron chi connectivity index (χ2n) is 4.13. The summed E-state index contributed by atoms with van der Waals surface area (Å²) in [5.74, 6) is 1.19. The Morgan fingerprint density at radius 2 is 2.41 bits per heavy atom. The van der Waals surface area contributed by atoms with Gasteiger partial charge in [0.15, 0.2) is 0 Å². The van der Waals surface area contributed by atoms with Crippen molar-refractivity contribution in [1.82, 2.24) is 0 Å². The molecule has 0 saturated carbocycles. The molecule has 1 aromatic carbocycles. The summed E-state index contributed by atoms with van der Waals surface area (Å²) in [6.07, 6.45) is 1.22. The second-order valence-corrected chi connectivity index (χ2v) is 6.39. The number of halogens is 1. The van der Waals surface area contributed by atoms with E-state index in [1.54, 1.807) is 0 Å². The van der Waals surface area contributed by atoms with E-state index in [1.807, 2.05) is 18.2 Å². The highest BCUT2D eigenvalue weighted by Gasteiger charge is 2.20. The maximum atomic E-state index is 8.86. The fourth-order valence-corrected chi connectivity index (χ4v) is 3.83. The van der Waals surface area contributed by atoms with Crippen molar-refractivity contribution in [2.24, 2.45) is 0 Å². The Morgan fingerprint density at radius 1 is 1.59 bits per heavy atom. The molecular formula is C13H15BrN2S. The number of nitriles is 1. The molecule has 2 rings (SSSR count). The molecule has 0 bridgehead atoms. The van der Waals surface area contributed by atoms with Crippen molar-refractivity contribution in [3.63, 3.8) is 0 Å². The van der Waals surface area contributed by atoms with E-state index in [-0.39, 0.29) is 0 Å². The van der Waals surface area contributed by atoms with Crippen molar-refractivity contribution in [2.45, 2.75) is 18.6 Å². The third-order valence-corrected chi connectivity index (χ3v) is 5.02. The van der Waals surface area contributed by atoms with Crippen LogP contribution in [0.2, 0.25) is 0 Å². The number of hydrogen-bond acceptors (Lipinski definition) is 3. The average molecular weight is 311 g/mol. The standard InChI is InChI=1S/C13H15BrN2S/c1-2-11-9-16(5-6-17-11)13-4-3-10(8-15)7-12(13)14/h3-4,7,11H,2,5-6,9H2,1H3. The largest absolute Gasteiger partial charge is 0.369 e. The van der Waals surface area contributed by atoms with Gasteiger partial charge in [-0.15, -0.1) is 0 Å². The van der Waals surface area contributed by atoms with Gasteiger partial charge in [0, 0.05) is 28.6 Å². The van der Waals surface area contributed by atoms with Crippen molar-refractivity contribution in [3.05, 3.63) is 28.2 Å². The van der Waals surface area contributed by atoms with Crippen molar-refractivity contribution in [3.8, 4) is 6.07 Å². The monoisotopic (exact) mass is 310 g/mol. The molecular weight excluding hydrogens is 296 g/mol. The molecule has 1 aliphatic rings. The number of hydrogen-bond donors (Lipinski definition) is 0. The Kier molecular flexibility index (Phi) is 4.36. The van der Waals surface area contributed by atoms with Gasteiger partial charge in [-0.1, -0.05) is 6.92 Å². The highest BCUT2D eigenvalue weighted by molar-refractivity contribution is 9.10.